The highest BCUT2D eigenvalue weighted by molar-refractivity contribution is 7.79. The van der Waals surface area contributed by atoms with Gasteiger partial charge in [-0.25, -0.2) is 0 Å². The lowest BCUT2D eigenvalue weighted by molar-refractivity contribution is -0.384. The van der Waals surface area contributed by atoms with Gasteiger partial charge in [0.2, 0.25) is 0 Å². The van der Waals surface area contributed by atoms with Crippen LogP contribution in [0.5, 0.6) is 0 Å². The topological polar surface area (TPSA) is 43.1 Å². The van der Waals surface area contributed by atoms with Gasteiger partial charge in [-0.2, -0.15) is 12.6 Å². The number of nitro benzene ring substituents is 1. The molecule has 0 amide bonds. The smallest absolute Gasteiger partial charge is 0.258 e. The first kappa shape index (κ1) is 13.2. The lowest BCUT2D eigenvalue weighted by Crippen LogP contribution is -1.87. The van der Waals surface area contributed by atoms with Crippen molar-refractivity contribution in [3.8, 4) is 11.8 Å². The predicted molar refractivity (Wildman–Crippen MR) is 78.2 cm³/mol. The van der Waals surface area contributed by atoms with Crippen molar-refractivity contribution < 1.29 is 4.92 Å². The highest BCUT2D eigenvalue weighted by Gasteiger charge is 2.02. The number of hydrogen-bond acceptors (Lipinski definition) is 3. The molecule has 0 N–H and O–H groups in total. The van der Waals surface area contributed by atoms with Gasteiger partial charge in [0.25, 0.3) is 5.69 Å². The molecule has 0 aliphatic rings. The van der Waals surface area contributed by atoms with E-state index in [1.54, 1.807) is 12.1 Å². The quantitative estimate of drug-likeness (QED) is 0.393. The summed E-state index contributed by atoms with van der Waals surface area (Å²) in [6.07, 6.45) is 0. The molecule has 0 bridgehead atoms. The molecule has 2 aromatic carbocycles. The summed E-state index contributed by atoms with van der Waals surface area (Å²) in [5.74, 6) is 6.69. The largest absolute Gasteiger partial charge is 0.269 e. The Bertz CT molecular complexity index is 654. The first-order chi connectivity index (χ1) is 9.20. The standard InChI is InChI=1S/C15H11NO2S/c17-16(18)15-9-6-12(7-10-15)5-8-13-3-1-2-4-14(13)11-19/h1-4,6-7,9-10,19H,11H2. The van der Waals surface area contributed by atoms with Gasteiger partial charge in [0.15, 0.2) is 0 Å². The average Bonchev–Trinajstić information content (AvgIpc) is 2.45. The maximum absolute atomic E-state index is 10.5. The molecule has 0 aliphatic carbocycles. The van der Waals surface area contributed by atoms with Gasteiger partial charge in [0.05, 0.1) is 4.92 Å². The van der Waals surface area contributed by atoms with Gasteiger partial charge in [0.1, 0.15) is 0 Å². The van der Waals surface area contributed by atoms with Crippen molar-refractivity contribution in [2.45, 2.75) is 5.75 Å². The van der Waals surface area contributed by atoms with Crippen molar-refractivity contribution in [2.75, 3.05) is 0 Å². The monoisotopic (exact) mass is 269 g/mol. The molecular weight excluding hydrogens is 258 g/mol. The van der Waals surface area contributed by atoms with E-state index in [4.69, 9.17) is 0 Å². The first-order valence-corrected chi connectivity index (χ1v) is 6.29. The average molecular weight is 269 g/mol. The van der Waals surface area contributed by atoms with E-state index >= 15 is 0 Å². The summed E-state index contributed by atoms with van der Waals surface area (Å²) in [6.45, 7) is 0. The van der Waals surface area contributed by atoms with Gasteiger partial charge in [-0.1, -0.05) is 30.0 Å². The van der Waals surface area contributed by atoms with E-state index in [0.717, 1.165) is 16.7 Å². The third-order valence-electron chi connectivity index (χ3n) is 2.61. The lowest BCUT2D eigenvalue weighted by Gasteiger charge is -1.98. The molecule has 19 heavy (non-hydrogen) atoms. The third kappa shape index (κ3) is 3.36. The fourth-order valence-electron chi connectivity index (χ4n) is 1.59. The Balaban J connectivity index is 2.26. The molecule has 94 valence electrons. The molecule has 0 radical (unpaired) electrons. The van der Waals surface area contributed by atoms with Crippen LogP contribution < -0.4 is 0 Å². The summed E-state index contributed by atoms with van der Waals surface area (Å²) in [4.78, 5) is 10.1. The van der Waals surface area contributed by atoms with E-state index < -0.39 is 4.92 Å². The van der Waals surface area contributed by atoms with Gasteiger partial charge in [-0.05, 0) is 23.8 Å². The molecule has 0 heterocycles. The minimum atomic E-state index is -0.423. The zero-order valence-corrected chi connectivity index (χ0v) is 10.9. The molecule has 0 saturated carbocycles. The zero-order valence-electron chi connectivity index (χ0n) is 10.0. The van der Waals surface area contributed by atoms with E-state index in [-0.39, 0.29) is 5.69 Å². The van der Waals surface area contributed by atoms with Crippen LogP contribution in [0.3, 0.4) is 0 Å². The number of benzene rings is 2. The Morgan fingerprint density at radius 3 is 2.37 bits per heavy atom. The Morgan fingerprint density at radius 2 is 1.74 bits per heavy atom. The molecule has 0 saturated heterocycles. The van der Waals surface area contributed by atoms with Crippen LogP contribution in [0.2, 0.25) is 0 Å². The highest BCUT2D eigenvalue weighted by atomic mass is 32.1. The molecule has 0 atom stereocenters. The zero-order chi connectivity index (χ0) is 13.7. The molecule has 0 fully saturated rings. The summed E-state index contributed by atoms with van der Waals surface area (Å²) >= 11 is 4.25. The second-order valence-electron chi connectivity index (χ2n) is 3.87. The summed E-state index contributed by atoms with van der Waals surface area (Å²) in [7, 11) is 0. The second-order valence-corrected chi connectivity index (χ2v) is 4.19. The van der Waals surface area contributed by atoms with Gasteiger partial charge >= 0.3 is 0 Å². The summed E-state index contributed by atoms with van der Waals surface area (Å²) in [5, 5.41) is 10.5. The van der Waals surface area contributed by atoms with Crippen LogP contribution in [0.15, 0.2) is 48.5 Å². The van der Waals surface area contributed by atoms with Crippen molar-refractivity contribution in [3.05, 3.63) is 75.3 Å². The predicted octanol–water partition coefficient (Wildman–Crippen LogP) is 3.42. The van der Waals surface area contributed by atoms with Crippen molar-refractivity contribution in [1.82, 2.24) is 0 Å². The maximum atomic E-state index is 10.5. The van der Waals surface area contributed by atoms with Gasteiger partial charge in [-0.3, -0.25) is 10.1 Å². The molecule has 4 heteroatoms. The van der Waals surface area contributed by atoms with E-state index in [1.165, 1.54) is 12.1 Å². The normalized spacial score (nSPS) is 9.53. The number of rotatable bonds is 2. The van der Waals surface area contributed by atoms with E-state index in [2.05, 4.69) is 24.5 Å². The molecule has 3 nitrogen and oxygen atoms in total. The van der Waals surface area contributed by atoms with Crippen LogP contribution in [0.25, 0.3) is 0 Å². The van der Waals surface area contributed by atoms with Crippen LogP contribution in [-0.4, -0.2) is 4.92 Å². The van der Waals surface area contributed by atoms with E-state index in [0.29, 0.717) is 5.75 Å². The highest BCUT2D eigenvalue weighted by Crippen LogP contribution is 2.12. The van der Waals surface area contributed by atoms with Crippen LogP contribution >= 0.6 is 12.6 Å². The minimum Gasteiger partial charge on any atom is -0.258 e. The molecular formula is C15H11NO2S. The molecule has 0 spiro atoms. The molecule has 2 rings (SSSR count). The number of hydrogen-bond donors (Lipinski definition) is 1. The Morgan fingerprint density at radius 1 is 1.05 bits per heavy atom. The number of nitrogens with zero attached hydrogens (tertiary/aromatic N) is 1. The number of non-ortho nitro benzene ring substituents is 1. The van der Waals surface area contributed by atoms with Crippen LogP contribution in [0.1, 0.15) is 16.7 Å². The van der Waals surface area contributed by atoms with Crippen LogP contribution in [0, 0.1) is 22.0 Å². The minimum absolute atomic E-state index is 0.0707. The van der Waals surface area contributed by atoms with Crippen molar-refractivity contribution in [3.63, 3.8) is 0 Å². The summed E-state index contributed by atoms with van der Waals surface area (Å²) in [6, 6.07) is 14.0. The maximum Gasteiger partial charge on any atom is 0.269 e. The summed E-state index contributed by atoms with van der Waals surface area (Å²) in [5.41, 5.74) is 2.82. The van der Waals surface area contributed by atoms with Crippen LogP contribution in [0.4, 0.5) is 5.69 Å². The van der Waals surface area contributed by atoms with Gasteiger partial charge in [0, 0.05) is 29.0 Å². The van der Waals surface area contributed by atoms with Crippen LogP contribution in [-0.2, 0) is 5.75 Å². The summed E-state index contributed by atoms with van der Waals surface area (Å²) < 4.78 is 0. The molecule has 0 unspecified atom stereocenters. The van der Waals surface area contributed by atoms with Crippen molar-refractivity contribution in [2.24, 2.45) is 0 Å². The Kier molecular flexibility index (Phi) is 4.22. The van der Waals surface area contributed by atoms with E-state index in [9.17, 15) is 10.1 Å². The second kappa shape index (κ2) is 6.07. The van der Waals surface area contributed by atoms with Gasteiger partial charge in [-0.15, -0.1) is 0 Å². The fraction of sp³-hybridized carbons (Fsp3) is 0.0667. The molecule has 2 aromatic rings. The molecule has 0 aromatic heterocycles. The number of nitro groups is 1. The Labute approximate surface area is 116 Å². The molecule has 0 aliphatic heterocycles. The van der Waals surface area contributed by atoms with Crippen molar-refractivity contribution >= 4 is 18.3 Å². The Hall–Kier alpha value is -2.25. The lowest BCUT2D eigenvalue weighted by atomic mass is 10.1. The SMILES string of the molecule is O=[N+]([O-])c1ccc(C#Cc2ccccc2CS)cc1. The van der Waals surface area contributed by atoms with Gasteiger partial charge < -0.3 is 0 Å². The third-order valence-corrected chi connectivity index (χ3v) is 2.95. The first-order valence-electron chi connectivity index (χ1n) is 5.66. The number of thiol groups is 1. The van der Waals surface area contributed by atoms with E-state index in [1.807, 2.05) is 24.3 Å². The fourth-order valence-corrected chi connectivity index (χ4v) is 1.86. The van der Waals surface area contributed by atoms with Crippen molar-refractivity contribution in [1.29, 1.82) is 0 Å².